The third-order valence-corrected chi connectivity index (χ3v) is 1.45. The molecule has 48 valence electrons. The van der Waals surface area contributed by atoms with Gasteiger partial charge < -0.3 is 0 Å². The van der Waals surface area contributed by atoms with Crippen LogP contribution in [0.4, 0.5) is 0 Å². The van der Waals surface area contributed by atoms with Crippen molar-refractivity contribution in [2.45, 2.75) is 26.4 Å². The van der Waals surface area contributed by atoms with Crippen molar-refractivity contribution in [3.05, 3.63) is 0 Å². The molecule has 2 nitrogen and oxygen atoms in total. The van der Waals surface area contributed by atoms with Crippen LogP contribution in [0.25, 0.3) is 0 Å². The van der Waals surface area contributed by atoms with E-state index in [1.165, 1.54) is 6.42 Å². The molecule has 0 bridgehead atoms. The minimum atomic E-state index is 0.676. The largest absolute Gasteiger partial charge is 0.235 e. The molecule has 2 heteroatoms. The second kappa shape index (κ2) is 2.03. The van der Waals surface area contributed by atoms with Crippen LogP contribution in [0.1, 0.15) is 20.3 Å². The van der Waals surface area contributed by atoms with E-state index >= 15 is 0 Å². The van der Waals surface area contributed by atoms with Gasteiger partial charge in [0.05, 0.1) is 6.17 Å². The number of nitrogens with zero attached hydrogens (tertiary/aromatic N) is 1. The van der Waals surface area contributed by atoms with Crippen LogP contribution in [0, 0.1) is 5.92 Å². The summed E-state index contributed by atoms with van der Waals surface area (Å²) in [6.07, 6.45) is 1.95. The van der Waals surface area contributed by atoms with Crippen molar-refractivity contribution >= 4 is 0 Å². The lowest BCUT2D eigenvalue weighted by Crippen LogP contribution is -1.98. The summed E-state index contributed by atoms with van der Waals surface area (Å²) in [6, 6.07) is 0. The summed E-state index contributed by atoms with van der Waals surface area (Å²) in [5, 5.41) is 2.14. The Bertz CT molecular complexity index is 80.6. The van der Waals surface area contributed by atoms with E-state index in [2.05, 4.69) is 31.3 Å². The van der Waals surface area contributed by atoms with E-state index in [9.17, 15) is 0 Å². The molecule has 8 heavy (non-hydrogen) atoms. The predicted molar refractivity (Wildman–Crippen MR) is 34.1 cm³/mol. The third-order valence-electron chi connectivity index (χ3n) is 1.45. The topological polar surface area (TPSA) is 25.0 Å². The Morgan fingerprint density at radius 3 is 2.25 bits per heavy atom. The lowest BCUT2D eigenvalue weighted by atomic mass is 10.1. The Kier molecular flexibility index (Phi) is 1.54. The molecule has 0 aromatic rings. The molecular weight excluding hydrogens is 100 g/mol. The smallest absolute Gasteiger partial charge is 0.0863 e. The molecule has 1 N–H and O–H groups in total. The van der Waals surface area contributed by atoms with E-state index in [1.54, 1.807) is 0 Å². The van der Waals surface area contributed by atoms with E-state index in [1.807, 2.05) is 0 Å². The van der Waals surface area contributed by atoms with Crippen LogP contribution in [0.15, 0.2) is 0 Å². The van der Waals surface area contributed by atoms with Crippen LogP contribution < -0.4 is 5.43 Å². The zero-order valence-electron chi connectivity index (χ0n) is 5.81. The molecule has 0 aromatic carbocycles. The van der Waals surface area contributed by atoms with Crippen molar-refractivity contribution in [2.75, 3.05) is 7.05 Å². The minimum absolute atomic E-state index is 0.676. The lowest BCUT2D eigenvalue weighted by Gasteiger charge is -1.97. The van der Waals surface area contributed by atoms with Gasteiger partial charge in [-0.05, 0) is 12.3 Å². The molecule has 0 radical (unpaired) electrons. The zero-order valence-corrected chi connectivity index (χ0v) is 5.81. The van der Waals surface area contributed by atoms with E-state index in [0.29, 0.717) is 6.17 Å². The molecule has 1 rings (SSSR count). The first-order chi connectivity index (χ1) is 3.70. The number of nitrogens with one attached hydrogen (secondary N) is 1. The van der Waals surface area contributed by atoms with Gasteiger partial charge in [0, 0.05) is 7.05 Å². The van der Waals surface area contributed by atoms with E-state index in [-0.39, 0.29) is 0 Å². The highest BCUT2D eigenvalue weighted by Crippen LogP contribution is 2.14. The molecule has 1 aliphatic heterocycles. The average molecular weight is 114 g/mol. The Hall–Kier alpha value is -0.0800. The molecule has 0 aromatic heterocycles. The maximum Gasteiger partial charge on any atom is 0.0863 e. The fourth-order valence-electron chi connectivity index (χ4n) is 0.859. The van der Waals surface area contributed by atoms with Gasteiger partial charge in [-0.2, -0.15) is 0 Å². The Morgan fingerprint density at radius 2 is 2.12 bits per heavy atom. The van der Waals surface area contributed by atoms with E-state index < -0.39 is 0 Å². The van der Waals surface area contributed by atoms with Gasteiger partial charge >= 0.3 is 0 Å². The first kappa shape index (κ1) is 6.05. The molecule has 1 fully saturated rings. The van der Waals surface area contributed by atoms with Crippen molar-refractivity contribution in [1.82, 2.24) is 10.4 Å². The van der Waals surface area contributed by atoms with Crippen molar-refractivity contribution in [3.63, 3.8) is 0 Å². The number of rotatable bonds is 2. The van der Waals surface area contributed by atoms with Crippen molar-refractivity contribution in [2.24, 2.45) is 5.92 Å². The first-order valence-corrected chi connectivity index (χ1v) is 3.19. The summed E-state index contributed by atoms with van der Waals surface area (Å²) in [5.74, 6) is 0.817. The minimum Gasteiger partial charge on any atom is -0.235 e. The summed E-state index contributed by atoms with van der Waals surface area (Å²) in [7, 11) is 2.08. The van der Waals surface area contributed by atoms with E-state index in [0.717, 1.165) is 5.92 Å². The van der Waals surface area contributed by atoms with Gasteiger partial charge in [-0.1, -0.05) is 13.8 Å². The number of hydrogen-bond donors (Lipinski definition) is 1. The van der Waals surface area contributed by atoms with Gasteiger partial charge in [0.1, 0.15) is 0 Å². The second-order valence-electron chi connectivity index (χ2n) is 2.89. The van der Waals surface area contributed by atoms with Gasteiger partial charge in [-0.3, -0.25) is 0 Å². The Balaban J connectivity index is 2.05. The lowest BCUT2D eigenvalue weighted by molar-refractivity contribution is 0.504. The number of hydrogen-bond acceptors (Lipinski definition) is 2. The van der Waals surface area contributed by atoms with Crippen LogP contribution in [0.2, 0.25) is 0 Å². The SMILES string of the molecule is CC(C)CC1NN1C. The monoisotopic (exact) mass is 114 g/mol. The summed E-state index contributed by atoms with van der Waals surface area (Å²) < 4.78 is 0. The Labute approximate surface area is 50.8 Å². The van der Waals surface area contributed by atoms with Gasteiger partial charge in [0.2, 0.25) is 0 Å². The van der Waals surface area contributed by atoms with Crippen molar-refractivity contribution < 1.29 is 0 Å². The molecule has 1 saturated heterocycles. The maximum absolute atomic E-state index is 3.20. The highest BCUT2D eigenvalue weighted by molar-refractivity contribution is 4.74. The van der Waals surface area contributed by atoms with Crippen LogP contribution in [0.3, 0.4) is 0 Å². The van der Waals surface area contributed by atoms with Crippen LogP contribution in [0.5, 0.6) is 0 Å². The molecule has 0 amide bonds. The molecule has 2 unspecified atom stereocenters. The molecule has 0 aliphatic carbocycles. The maximum atomic E-state index is 3.20. The summed E-state index contributed by atoms with van der Waals surface area (Å²) in [4.78, 5) is 0. The van der Waals surface area contributed by atoms with Gasteiger partial charge in [0.25, 0.3) is 0 Å². The molecule has 1 aliphatic rings. The van der Waals surface area contributed by atoms with Crippen molar-refractivity contribution in [3.8, 4) is 0 Å². The normalized spacial score (nSPS) is 36.0. The average Bonchev–Trinajstić information content (AvgIpc) is 2.17. The quantitative estimate of drug-likeness (QED) is 0.537. The van der Waals surface area contributed by atoms with Gasteiger partial charge in [-0.15, -0.1) is 0 Å². The molecular formula is C6H14N2. The van der Waals surface area contributed by atoms with Crippen molar-refractivity contribution in [1.29, 1.82) is 0 Å². The zero-order chi connectivity index (χ0) is 6.15. The van der Waals surface area contributed by atoms with Gasteiger partial charge in [-0.25, -0.2) is 10.4 Å². The number of hydrazine groups is 1. The fraction of sp³-hybridized carbons (Fsp3) is 1.00. The van der Waals surface area contributed by atoms with Crippen LogP contribution in [-0.2, 0) is 0 Å². The Morgan fingerprint density at radius 1 is 1.62 bits per heavy atom. The fourth-order valence-corrected chi connectivity index (χ4v) is 0.859. The predicted octanol–water partition coefficient (Wildman–Crippen LogP) is 0.809. The van der Waals surface area contributed by atoms with Crippen LogP contribution >= 0.6 is 0 Å². The summed E-state index contributed by atoms with van der Waals surface area (Å²) in [5.41, 5.74) is 3.20. The molecule has 1 heterocycles. The van der Waals surface area contributed by atoms with Gasteiger partial charge in [0.15, 0.2) is 0 Å². The molecule has 0 spiro atoms. The standard InChI is InChI=1S/C6H14N2/c1-5(2)4-6-7-8(6)3/h5-7H,4H2,1-3H3. The third kappa shape index (κ3) is 1.46. The summed E-state index contributed by atoms with van der Waals surface area (Å²) in [6.45, 7) is 4.49. The second-order valence-corrected chi connectivity index (χ2v) is 2.89. The highest BCUT2D eigenvalue weighted by atomic mass is 15.7. The molecule has 0 saturated carbocycles. The van der Waals surface area contributed by atoms with Crippen LogP contribution in [-0.4, -0.2) is 18.2 Å². The molecule has 2 atom stereocenters. The first-order valence-electron chi connectivity index (χ1n) is 3.19. The van der Waals surface area contributed by atoms with E-state index in [4.69, 9.17) is 0 Å². The summed E-state index contributed by atoms with van der Waals surface area (Å²) >= 11 is 0. The highest BCUT2D eigenvalue weighted by Gasteiger charge is 2.28.